The summed E-state index contributed by atoms with van der Waals surface area (Å²) >= 11 is 6.07. The van der Waals surface area contributed by atoms with Gasteiger partial charge in [0.1, 0.15) is 0 Å². The first-order valence-electron chi connectivity index (χ1n) is 9.63. The van der Waals surface area contributed by atoms with E-state index in [1.54, 1.807) is 11.9 Å². The summed E-state index contributed by atoms with van der Waals surface area (Å²) in [5.74, 6) is -0.0554. The summed E-state index contributed by atoms with van der Waals surface area (Å²) in [6.07, 6.45) is 0.758. The standard InChI is InChI=1S/C22H24ClN3O2/c1-15-13-18-14-20(25-9-11-28-12-10-25)7-8-21(18)22(24-26(15)16(2)27)17-3-5-19(23)6-4-17/h3-8,14-15H,9-13H2,1-2H3. The molecule has 1 fully saturated rings. The molecule has 6 heteroatoms. The lowest BCUT2D eigenvalue weighted by atomic mass is 9.94. The van der Waals surface area contributed by atoms with Crippen LogP contribution in [0, 0.1) is 0 Å². The van der Waals surface area contributed by atoms with E-state index in [2.05, 4.69) is 23.1 Å². The molecule has 1 unspecified atom stereocenters. The molecule has 0 saturated carbocycles. The highest BCUT2D eigenvalue weighted by molar-refractivity contribution is 6.30. The molecule has 2 aliphatic heterocycles. The molecule has 0 N–H and O–H groups in total. The maximum Gasteiger partial charge on any atom is 0.239 e. The summed E-state index contributed by atoms with van der Waals surface area (Å²) in [6, 6.07) is 14.1. The number of fused-ring (bicyclic) bond motifs is 1. The lowest BCUT2D eigenvalue weighted by Crippen LogP contribution is -2.36. The normalized spacial score (nSPS) is 19.7. The number of morpholine rings is 1. The number of ether oxygens (including phenoxy) is 1. The van der Waals surface area contributed by atoms with Crippen molar-refractivity contribution in [1.82, 2.24) is 5.01 Å². The summed E-state index contributed by atoms with van der Waals surface area (Å²) in [7, 11) is 0. The summed E-state index contributed by atoms with van der Waals surface area (Å²) < 4.78 is 5.48. The van der Waals surface area contributed by atoms with E-state index in [4.69, 9.17) is 21.4 Å². The van der Waals surface area contributed by atoms with Crippen LogP contribution >= 0.6 is 11.6 Å². The van der Waals surface area contributed by atoms with Crippen molar-refractivity contribution in [2.75, 3.05) is 31.2 Å². The number of carbonyl (C=O) groups is 1. The van der Waals surface area contributed by atoms with Crippen LogP contribution in [0.2, 0.25) is 5.02 Å². The molecule has 1 saturated heterocycles. The van der Waals surface area contributed by atoms with E-state index in [9.17, 15) is 4.79 Å². The van der Waals surface area contributed by atoms with Gasteiger partial charge in [0.15, 0.2) is 0 Å². The third-order valence-corrected chi connectivity index (χ3v) is 5.55. The average molecular weight is 398 g/mol. The monoisotopic (exact) mass is 397 g/mol. The Labute approximate surface area is 170 Å². The number of hydrogen-bond acceptors (Lipinski definition) is 4. The summed E-state index contributed by atoms with van der Waals surface area (Å²) in [5, 5.41) is 7.04. The molecule has 4 rings (SSSR count). The first-order chi connectivity index (χ1) is 13.5. The first kappa shape index (κ1) is 19.0. The zero-order valence-corrected chi connectivity index (χ0v) is 16.9. The van der Waals surface area contributed by atoms with Gasteiger partial charge in [-0.15, -0.1) is 0 Å². The molecule has 146 valence electrons. The number of rotatable bonds is 2. The van der Waals surface area contributed by atoms with Gasteiger partial charge in [-0.25, -0.2) is 5.01 Å². The Morgan fingerprint density at radius 1 is 1.14 bits per heavy atom. The van der Waals surface area contributed by atoms with E-state index in [0.29, 0.717) is 5.02 Å². The molecule has 0 spiro atoms. The molecule has 0 bridgehead atoms. The Bertz CT molecular complexity index is 904. The second kappa shape index (κ2) is 7.94. The quantitative estimate of drug-likeness (QED) is 0.775. The smallest absolute Gasteiger partial charge is 0.239 e. The second-order valence-corrected chi connectivity index (χ2v) is 7.75. The van der Waals surface area contributed by atoms with Crippen LogP contribution in [0.1, 0.15) is 30.5 Å². The molecule has 2 aromatic rings. The number of halogens is 1. The van der Waals surface area contributed by atoms with Gasteiger partial charge in [0.05, 0.1) is 25.0 Å². The number of amides is 1. The maximum absolute atomic E-state index is 12.2. The minimum Gasteiger partial charge on any atom is -0.378 e. The minimum atomic E-state index is -0.0554. The fourth-order valence-corrected chi connectivity index (χ4v) is 3.99. The van der Waals surface area contributed by atoms with E-state index in [-0.39, 0.29) is 11.9 Å². The molecule has 0 aliphatic carbocycles. The Kier molecular flexibility index (Phi) is 5.38. The lowest BCUT2D eigenvalue weighted by molar-refractivity contribution is -0.130. The van der Waals surface area contributed by atoms with E-state index in [1.807, 2.05) is 31.2 Å². The lowest BCUT2D eigenvalue weighted by Gasteiger charge is -2.29. The van der Waals surface area contributed by atoms with Crippen LogP contribution in [0.5, 0.6) is 0 Å². The fourth-order valence-electron chi connectivity index (χ4n) is 3.86. The Morgan fingerprint density at radius 3 is 2.54 bits per heavy atom. The van der Waals surface area contributed by atoms with Gasteiger partial charge in [-0.05, 0) is 43.2 Å². The zero-order chi connectivity index (χ0) is 19.7. The Balaban J connectivity index is 1.80. The average Bonchev–Trinajstić information content (AvgIpc) is 2.85. The van der Waals surface area contributed by atoms with Crippen molar-refractivity contribution in [3.63, 3.8) is 0 Å². The van der Waals surface area contributed by atoms with Crippen molar-refractivity contribution in [2.24, 2.45) is 5.10 Å². The maximum atomic E-state index is 12.2. The predicted octanol–water partition coefficient (Wildman–Crippen LogP) is 3.72. The molecular weight excluding hydrogens is 374 g/mol. The van der Waals surface area contributed by atoms with Crippen LogP contribution in [0.15, 0.2) is 47.6 Å². The number of nitrogens with zero attached hydrogens (tertiary/aromatic N) is 3. The molecule has 2 aliphatic rings. The summed E-state index contributed by atoms with van der Waals surface area (Å²) in [6.45, 7) is 6.90. The second-order valence-electron chi connectivity index (χ2n) is 7.31. The highest BCUT2D eigenvalue weighted by Gasteiger charge is 2.26. The van der Waals surface area contributed by atoms with Crippen molar-refractivity contribution < 1.29 is 9.53 Å². The molecule has 28 heavy (non-hydrogen) atoms. The molecule has 2 heterocycles. The number of anilines is 1. The van der Waals surface area contributed by atoms with Crippen LogP contribution in [0.3, 0.4) is 0 Å². The molecule has 0 aromatic heterocycles. The van der Waals surface area contributed by atoms with Gasteiger partial charge in [0.25, 0.3) is 0 Å². The number of hydrazone groups is 1. The van der Waals surface area contributed by atoms with Gasteiger partial charge in [-0.2, -0.15) is 5.10 Å². The first-order valence-corrected chi connectivity index (χ1v) is 10.0. The van der Waals surface area contributed by atoms with E-state index in [1.165, 1.54) is 11.3 Å². The van der Waals surface area contributed by atoms with Crippen LogP contribution in [0.4, 0.5) is 5.69 Å². The van der Waals surface area contributed by atoms with Crippen molar-refractivity contribution in [3.8, 4) is 0 Å². The van der Waals surface area contributed by atoms with Crippen LogP contribution in [0.25, 0.3) is 0 Å². The number of carbonyl (C=O) groups excluding carboxylic acids is 1. The van der Waals surface area contributed by atoms with Gasteiger partial charge in [-0.1, -0.05) is 29.8 Å². The van der Waals surface area contributed by atoms with Crippen molar-refractivity contribution >= 4 is 28.9 Å². The SMILES string of the molecule is CC(=O)N1N=C(c2ccc(Cl)cc2)c2ccc(N3CCOCC3)cc2CC1C. The van der Waals surface area contributed by atoms with Gasteiger partial charge < -0.3 is 9.64 Å². The number of hydrogen-bond donors (Lipinski definition) is 0. The number of benzene rings is 2. The van der Waals surface area contributed by atoms with Crippen LogP contribution in [-0.4, -0.2) is 49.0 Å². The van der Waals surface area contributed by atoms with Crippen molar-refractivity contribution in [1.29, 1.82) is 0 Å². The molecular formula is C22H24ClN3O2. The highest BCUT2D eigenvalue weighted by Crippen LogP contribution is 2.28. The van der Waals surface area contributed by atoms with E-state index < -0.39 is 0 Å². The highest BCUT2D eigenvalue weighted by atomic mass is 35.5. The predicted molar refractivity (Wildman–Crippen MR) is 112 cm³/mol. The molecule has 1 atom stereocenters. The third-order valence-electron chi connectivity index (χ3n) is 5.30. The Hall–Kier alpha value is -2.37. The largest absolute Gasteiger partial charge is 0.378 e. The van der Waals surface area contributed by atoms with E-state index in [0.717, 1.165) is 49.6 Å². The van der Waals surface area contributed by atoms with Crippen LogP contribution in [-0.2, 0) is 16.0 Å². The molecule has 1 amide bonds. The zero-order valence-electron chi connectivity index (χ0n) is 16.2. The molecule has 2 aromatic carbocycles. The third kappa shape index (κ3) is 3.77. The summed E-state index contributed by atoms with van der Waals surface area (Å²) in [4.78, 5) is 14.6. The van der Waals surface area contributed by atoms with E-state index >= 15 is 0 Å². The van der Waals surface area contributed by atoms with Crippen LogP contribution < -0.4 is 4.90 Å². The van der Waals surface area contributed by atoms with Crippen molar-refractivity contribution in [3.05, 3.63) is 64.2 Å². The molecule has 5 nitrogen and oxygen atoms in total. The van der Waals surface area contributed by atoms with Gasteiger partial charge >= 0.3 is 0 Å². The topological polar surface area (TPSA) is 45.1 Å². The summed E-state index contributed by atoms with van der Waals surface area (Å²) in [5.41, 5.74) is 5.22. The fraction of sp³-hybridized carbons (Fsp3) is 0.364. The minimum absolute atomic E-state index is 0.0130. The molecule has 0 radical (unpaired) electrons. The van der Waals surface area contributed by atoms with Gasteiger partial charge in [-0.3, -0.25) is 4.79 Å². The van der Waals surface area contributed by atoms with Gasteiger partial charge in [0.2, 0.25) is 5.91 Å². The van der Waals surface area contributed by atoms with Crippen molar-refractivity contribution in [2.45, 2.75) is 26.3 Å². The van der Waals surface area contributed by atoms with Gasteiger partial charge in [0, 0.05) is 41.9 Å². The Morgan fingerprint density at radius 2 is 1.86 bits per heavy atom.